The first-order valence-electron chi connectivity index (χ1n) is 13.4. The second kappa shape index (κ2) is 14.0. The van der Waals surface area contributed by atoms with E-state index in [2.05, 4.69) is 18.7 Å². The molecule has 0 spiro atoms. The number of aliphatic carboxylic acids is 1. The van der Waals surface area contributed by atoms with Gasteiger partial charge < -0.3 is 9.84 Å². The van der Waals surface area contributed by atoms with E-state index in [9.17, 15) is 30.8 Å². The standard InChI is InChI=1S/C26H31Cl2FN2O4S.C2HF3O2/c1-15-4-5-17(13-31(15)16(2)19-8-20(27)10-21(28)9-19)14-35-25-12-24(29)23(11-22(25)18-6-7-18)26(32)30-36(3,33)34;3-2(4,5)1(6)7/h8-12,15-18H,4-7,13-14H2,1-3H3,(H,30,32);(H,6,7)/t15-,16?,17-;/m1./s1. The Labute approximate surface area is 257 Å². The molecular formula is C28H32Cl2F4N2O6S. The van der Waals surface area contributed by atoms with E-state index in [1.165, 1.54) is 12.1 Å². The zero-order valence-corrected chi connectivity index (χ0v) is 25.9. The highest BCUT2D eigenvalue weighted by molar-refractivity contribution is 7.89. The molecular weight excluding hydrogens is 639 g/mol. The fourth-order valence-corrected chi connectivity index (χ4v) is 5.90. The van der Waals surface area contributed by atoms with Crippen LogP contribution in [-0.4, -0.2) is 61.9 Å². The third kappa shape index (κ3) is 10.2. The van der Waals surface area contributed by atoms with Crippen molar-refractivity contribution in [3.63, 3.8) is 0 Å². The Morgan fingerprint density at radius 2 is 1.67 bits per heavy atom. The molecule has 1 aliphatic carbocycles. The molecule has 2 fully saturated rings. The number of carboxylic acid groups (broad SMARTS) is 1. The Hall–Kier alpha value is -2.61. The van der Waals surface area contributed by atoms with Crippen molar-refractivity contribution in [3.05, 3.63) is 62.9 Å². The maximum Gasteiger partial charge on any atom is 0.490 e. The molecule has 238 valence electrons. The van der Waals surface area contributed by atoms with Crippen molar-refractivity contribution >= 4 is 45.1 Å². The molecule has 1 aliphatic heterocycles. The Morgan fingerprint density at radius 1 is 1.09 bits per heavy atom. The first-order valence-corrected chi connectivity index (χ1v) is 16.0. The summed E-state index contributed by atoms with van der Waals surface area (Å²) in [7, 11) is -3.80. The molecule has 0 bridgehead atoms. The van der Waals surface area contributed by atoms with Crippen molar-refractivity contribution in [3.8, 4) is 5.75 Å². The van der Waals surface area contributed by atoms with E-state index in [1.54, 1.807) is 6.07 Å². The molecule has 1 saturated heterocycles. The lowest BCUT2D eigenvalue weighted by molar-refractivity contribution is -0.192. The first-order chi connectivity index (χ1) is 19.9. The topological polar surface area (TPSA) is 113 Å². The number of benzene rings is 2. The third-order valence-electron chi connectivity index (χ3n) is 7.25. The molecule has 2 N–H and O–H groups in total. The number of alkyl halides is 3. The molecule has 2 aromatic rings. The van der Waals surface area contributed by atoms with Gasteiger partial charge in [-0.3, -0.25) is 9.69 Å². The van der Waals surface area contributed by atoms with Crippen LogP contribution in [-0.2, 0) is 14.8 Å². The Bertz CT molecular complexity index is 1430. The summed E-state index contributed by atoms with van der Waals surface area (Å²) in [6.45, 7) is 5.58. The summed E-state index contributed by atoms with van der Waals surface area (Å²) in [5.74, 6) is -3.70. The van der Waals surface area contributed by atoms with Crippen LogP contribution < -0.4 is 9.46 Å². The van der Waals surface area contributed by atoms with Crippen LogP contribution in [0.1, 0.15) is 73.0 Å². The van der Waals surface area contributed by atoms with Gasteiger partial charge in [0, 0.05) is 40.7 Å². The molecule has 4 rings (SSSR count). The van der Waals surface area contributed by atoms with Gasteiger partial charge >= 0.3 is 12.1 Å². The predicted molar refractivity (Wildman–Crippen MR) is 154 cm³/mol. The number of hydrogen-bond acceptors (Lipinski definition) is 6. The summed E-state index contributed by atoms with van der Waals surface area (Å²) >= 11 is 12.5. The summed E-state index contributed by atoms with van der Waals surface area (Å²) in [6, 6.07) is 8.75. The van der Waals surface area contributed by atoms with Gasteiger partial charge in [0.25, 0.3) is 5.91 Å². The molecule has 0 radical (unpaired) electrons. The number of likely N-dealkylation sites (tertiary alicyclic amines) is 1. The minimum atomic E-state index is -5.08. The van der Waals surface area contributed by atoms with E-state index in [-0.39, 0.29) is 23.4 Å². The number of hydrogen-bond donors (Lipinski definition) is 2. The Kier molecular flexibility index (Phi) is 11.4. The van der Waals surface area contributed by atoms with Crippen molar-refractivity contribution < 1.29 is 45.4 Å². The molecule has 1 amide bonds. The largest absolute Gasteiger partial charge is 0.493 e. The fraction of sp³-hybridized carbons (Fsp3) is 0.500. The van der Waals surface area contributed by atoms with E-state index in [1.807, 2.05) is 16.9 Å². The molecule has 1 heterocycles. The number of nitrogens with one attached hydrogen (secondary N) is 1. The van der Waals surface area contributed by atoms with Crippen molar-refractivity contribution in [2.45, 2.75) is 63.7 Å². The monoisotopic (exact) mass is 670 g/mol. The van der Waals surface area contributed by atoms with E-state index < -0.39 is 33.9 Å². The van der Waals surface area contributed by atoms with Gasteiger partial charge in [-0.25, -0.2) is 22.3 Å². The van der Waals surface area contributed by atoms with Gasteiger partial charge in [0.05, 0.1) is 18.4 Å². The Morgan fingerprint density at radius 3 is 2.19 bits per heavy atom. The number of piperidine rings is 1. The fourth-order valence-electron chi connectivity index (χ4n) is 4.91. The van der Waals surface area contributed by atoms with Gasteiger partial charge in [0.2, 0.25) is 10.0 Å². The van der Waals surface area contributed by atoms with Crippen molar-refractivity contribution in [1.29, 1.82) is 0 Å². The van der Waals surface area contributed by atoms with Crippen LogP contribution in [0.3, 0.4) is 0 Å². The average Bonchev–Trinajstić information content (AvgIpc) is 3.71. The molecule has 2 aromatic carbocycles. The van der Waals surface area contributed by atoms with Crippen LogP contribution in [0.25, 0.3) is 0 Å². The van der Waals surface area contributed by atoms with Crippen LogP contribution in [0.4, 0.5) is 17.6 Å². The third-order valence-corrected chi connectivity index (χ3v) is 8.24. The number of carboxylic acids is 1. The highest BCUT2D eigenvalue weighted by Gasteiger charge is 2.38. The lowest BCUT2D eigenvalue weighted by atomic mass is 9.91. The van der Waals surface area contributed by atoms with Crippen LogP contribution in [0.2, 0.25) is 10.0 Å². The summed E-state index contributed by atoms with van der Waals surface area (Å²) in [6.07, 6.45) is -0.400. The molecule has 8 nitrogen and oxygen atoms in total. The second-order valence-electron chi connectivity index (χ2n) is 10.8. The highest BCUT2D eigenvalue weighted by Crippen LogP contribution is 2.45. The number of ether oxygens (including phenoxy) is 1. The minimum absolute atomic E-state index is 0.117. The van der Waals surface area contributed by atoms with Crippen molar-refractivity contribution in [2.24, 2.45) is 5.92 Å². The van der Waals surface area contributed by atoms with Crippen molar-refractivity contribution in [1.82, 2.24) is 9.62 Å². The number of nitrogens with zero attached hydrogens (tertiary/aromatic N) is 1. The molecule has 1 unspecified atom stereocenters. The van der Waals surface area contributed by atoms with Gasteiger partial charge in [-0.2, -0.15) is 13.2 Å². The van der Waals surface area contributed by atoms with Gasteiger partial charge in [-0.15, -0.1) is 0 Å². The zero-order valence-electron chi connectivity index (χ0n) is 23.6. The maximum atomic E-state index is 14.8. The van der Waals surface area contributed by atoms with Gasteiger partial charge in [-0.1, -0.05) is 23.2 Å². The molecule has 15 heteroatoms. The average molecular weight is 672 g/mol. The van der Waals surface area contributed by atoms with Gasteiger partial charge in [0.15, 0.2) is 0 Å². The second-order valence-corrected chi connectivity index (χ2v) is 13.5. The van der Waals surface area contributed by atoms with Crippen LogP contribution >= 0.6 is 23.2 Å². The summed E-state index contributed by atoms with van der Waals surface area (Å²) in [4.78, 5) is 23.6. The Balaban J connectivity index is 0.000000646. The quantitative estimate of drug-likeness (QED) is 0.305. The van der Waals surface area contributed by atoms with E-state index >= 15 is 0 Å². The molecule has 0 aromatic heterocycles. The van der Waals surface area contributed by atoms with E-state index in [0.717, 1.165) is 49.6 Å². The smallest absolute Gasteiger partial charge is 0.490 e. The highest BCUT2D eigenvalue weighted by atomic mass is 35.5. The van der Waals surface area contributed by atoms with E-state index in [0.29, 0.717) is 28.4 Å². The number of carbonyl (C=O) groups is 2. The summed E-state index contributed by atoms with van der Waals surface area (Å²) in [5, 5.41) is 8.34. The molecule has 3 atom stereocenters. The minimum Gasteiger partial charge on any atom is -0.493 e. The predicted octanol–water partition coefficient (Wildman–Crippen LogP) is 6.57. The maximum absolute atomic E-state index is 14.8. The van der Waals surface area contributed by atoms with Crippen LogP contribution in [0.15, 0.2) is 30.3 Å². The lowest BCUT2D eigenvalue weighted by Gasteiger charge is -2.42. The normalized spacial score (nSPS) is 20.0. The zero-order chi connectivity index (χ0) is 32.3. The summed E-state index contributed by atoms with van der Waals surface area (Å²) < 4.78 is 77.4. The molecule has 1 saturated carbocycles. The number of amides is 1. The number of carbonyl (C=O) groups excluding carboxylic acids is 1. The summed E-state index contributed by atoms with van der Waals surface area (Å²) in [5.41, 5.74) is 1.52. The number of rotatable bonds is 8. The lowest BCUT2D eigenvalue weighted by Crippen LogP contribution is -2.44. The van der Waals surface area contributed by atoms with Gasteiger partial charge in [-0.05, 0) is 80.8 Å². The van der Waals surface area contributed by atoms with Crippen LogP contribution in [0, 0.1) is 11.7 Å². The first kappa shape index (κ1) is 34.9. The van der Waals surface area contributed by atoms with Crippen LogP contribution in [0.5, 0.6) is 5.75 Å². The molecule has 2 aliphatic rings. The van der Waals surface area contributed by atoms with Crippen molar-refractivity contribution in [2.75, 3.05) is 19.4 Å². The van der Waals surface area contributed by atoms with Gasteiger partial charge in [0.1, 0.15) is 11.6 Å². The van der Waals surface area contributed by atoms with E-state index in [4.69, 9.17) is 37.8 Å². The number of sulfonamides is 1. The SMILES string of the molecule is CC(c1cc(Cl)cc(Cl)c1)N1C[C@H](COc2cc(F)c(C(=O)NS(C)(=O)=O)cc2C2CC2)CC[C@H]1C.O=C(O)C(F)(F)F. The number of halogens is 6. The molecule has 43 heavy (non-hydrogen) atoms.